The summed E-state index contributed by atoms with van der Waals surface area (Å²) in [5, 5.41) is 10.5. The molecule has 0 bridgehead atoms. The molecule has 11 heteroatoms. The molecule has 0 unspecified atom stereocenters. The van der Waals surface area contributed by atoms with Crippen molar-refractivity contribution in [3.63, 3.8) is 0 Å². The van der Waals surface area contributed by atoms with Crippen molar-refractivity contribution in [1.82, 2.24) is 0 Å². The van der Waals surface area contributed by atoms with Gasteiger partial charge in [0.25, 0.3) is 0 Å². The number of aliphatic carboxylic acids is 1. The van der Waals surface area contributed by atoms with E-state index in [9.17, 15) is 35.9 Å². The number of benzene rings is 2. The fourth-order valence-corrected chi connectivity index (χ4v) is 2.08. The molecule has 0 fully saturated rings. The third kappa shape index (κ3) is 5.36. The summed E-state index contributed by atoms with van der Waals surface area (Å²) in [6.45, 7) is 0. The van der Waals surface area contributed by atoms with Gasteiger partial charge < -0.3 is 15.2 Å². The van der Waals surface area contributed by atoms with Gasteiger partial charge in [-0.25, -0.2) is 4.79 Å². The maximum absolute atomic E-state index is 12.9. The highest BCUT2D eigenvalue weighted by atomic mass is 19.4. The lowest BCUT2D eigenvalue weighted by Gasteiger charge is -2.15. The van der Waals surface area contributed by atoms with Gasteiger partial charge in [0.2, 0.25) is 0 Å². The van der Waals surface area contributed by atoms with Gasteiger partial charge in [0.1, 0.15) is 5.75 Å². The SMILES string of the molecule is O=C(O)C(=O)Nc1ccc(C(F)(F)F)cc1-c1ccc(OC(F)(F)F)cc1. The largest absolute Gasteiger partial charge is 0.573 e. The Labute approximate surface area is 147 Å². The van der Waals surface area contributed by atoms with E-state index >= 15 is 0 Å². The number of alkyl halides is 6. The summed E-state index contributed by atoms with van der Waals surface area (Å²) in [4.78, 5) is 22.0. The lowest BCUT2D eigenvalue weighted by molar-refractivity contribution is -0.274. The van der Waals surface area contributed by atoms with Crippen LogP contribution in [0.2, 0.25) is 0 Å². The lowest BCUT2D eigenvalue weighted by Crippen LogP contribution is -2.22. The summed E-state index contributed by atoms with van der Waals surface area (Å²) in [6, 6.07) is 5.91. The van der Waals surface area contributed by atoms with Gasteiger partial charge in [-0.15, -0.1) is 13.2 Å². The second kappa shape index (κ2) is 7.17. The summed E-state index contributed by atoms with van der Waals surface area (Å²) in [7, 11) is 0. The number of carbonyl (C=O) groups excluding carboxylic acids is 1. The van der Waals surface area contributed by atoms with Gasteiger partial charge in [0, 0.05) is 11.3 Å². The van der Waals surface area contributed by atoms with Gasteiger partial charge in [-0.3, -0.25) is 4.79 Å². The molecule has 144 valence electrons. The Morgan fingerprint density at radius 1 is 0.926 bits per heavy atom. The average Bonchev–Trinajstić information content (AvgIpc) is 2.53. The number of carbonyl (C=O) groups is 2. The number of amides is 1. The van der Waals surface area contributed by atoms with Gasteiger partial charge in [0.15, 0.2) is 0 Å². The van der Waals surface area contributed by atoms with Crippen LogP contribution in [0.15, 0.2) is 42.5 Å². The van der Waals surface area contributed by atoms with Gasteiger partial charge in [-0.1, -0.05) is 12.1 Å². The molecule has 27 heavy (non-hydrogen) atoms. The number of carboxylic acids is 1. The smallest absolute Gasteiger partial charge is 0.474 e. The highest BCUT2D eigenvalue weighted by Gasteiger charge is 2.32. The van der Waals surface area contributed by atoms with Crippen LogP contribution in [0.5, 0.6) is 5.75 Å². The van der Waals surface area contributed by atoms with Crippen LogP contribution in [0.3, 0.4) is 0 Å². The van der Waals surface area contributed by atoms with Crippen molar-refractivity contribution in [3.8, 4) is 16.9 Å². The Kier molecular flexibility index (Phi) is 5.33. The number of halogens is 6. The normalized spacial score (nSPS) is 11.8. The standard InChI is InChI=1S/C16H9F6NO4/c17-15(18,19)9-3-6-12(23-13(24)14(25)26)11(7-9)8-1-4-10(5-2-8)27-16(20,21)22/h1-7H,(H,23,24)(H,25,26). The topological polar surface area (TPSA) is 75.6 Å². The summed E-state index contributed by atoms with van der Waals surface area (Å²) >= 11 is 0. The van der Waals surface area contributed by atoms with Crippen LogP contribution in [0.4, 0.5) is 32.0 Å². The first-order valence-electron chi connectivity index (χ1n) is 6.98. The Morgan fingerprint density at radius 3 is 2.00 bits per heavy atom. The van der Waals surface area contributed by atoms with Crippen LogP contribution < -0.4 is 10.1 Å². The third-order valence-corrected chi connectivity index (χ3v) is 3.19. The fraction of sp³-hybridized carbons (Fsp3) is 0.125. The third-order valence-electron chi connectivity index (χ3n) is 3.19. The maximum atomic E-state index is 12.9. The van der Waals surface area contributed by atoms with Crippen LogP contribution >= 0.6 is 0 Å². The molecule has 0 saturated carbocycles. The van der Waals surface area contributed by atoms with E-state index in [1.54, 1.807) is 0 Å². The summed E-state index contributed by atoms with van der Waals surface area (Å²) < 4.78 is 79.0. The van der Waals surface area contributed by atoms with Crippen molar-refractivity contribution < 1.29 is 45.8 Å². The van der Waals surface area contributed by atoms with Crippen molar-refractivity contribution in [2.45, 2.75) is 12.5 Å². The summed E-state index contributed by atoms with van der Waals surface area (Å²) in [5.74, 6) is -3.96. The zero-order valence-electron chi connectivity index (χ0n) is 13.0. The lowest BCUT2D eigenvalue weighted by atomic mass is 10.0. The molecule has 0 radical (unpaired) electrons. The van der Waals surface area contributed by atoms with Crippen molar-refractivity contribution in [2.24, 2.45) is 0 Å². The number of rotatable bonds is 3. The number of hydrogen-bond donors (Lipinski definition) is 2. The monoisotopic (exact) mass is 393 g/mol. The molecule has 1 amide bonds. The molecule has 2 aromatic carbocycles. The minimum absolute atomic E-state index is 0.00341. The predicted molar refractivity (Wildman–Crippen MR) is 79.8 cm³/mol. The molecule has 0 aromatic heterocycles. The molecule has 0 aliphatic carbocycles. The molecule has 2 N–H and O–H groups in total. The van der Waals surface area contributed by atoms with Crippen molar-refractivity contribution in [3.05, 3.63) is 48.0 Å². The van der Waals surface area contributed by atoms with E-state index in [4.69, 9.17) is 5.11 Å². The molecule has 0 atom stereocenters. The molecule has 0 heterocycles. The number of anilines is 1. The van der Waals surface area contributed by atoms with E-state index in [2.05, 4.69) is 4.74 Å². The van der Waals surface area contributed by atoms with Crippen molar-refractivity contribution >= 4 is 17.6 Å². The first-order chi connectivity index (χ1) is 12.4. The minimum Gasteiger partial charge on any atom is -0.474 e. The van der Waals surface area contributed by atoms with Crippen LogP contribution in [0.1, 0.15) is 5.56 Å². The fourth-order valence-electron chi connectivity index (χ4n) is 2.08. The van der Waals surface area contributed by atoms with E-state index in [0.717, 1.165) is 30.3 Å². The minimum atomic E-state index is -4.95. The van der Waals surface area contributed by atoms with Crippen LogP contribution in [-0.2, 0) is 15.8 Å². The first kappa shape index (κ1) is 20.1. The molecule has 0 aliphatic rings. The second-order valence-electron chi connectivity index (χ2n) is 5.09. The number of carboxylic acid groups (broad SMARTS) is 1. The number of hydrogen-bond acceptors (Lipinski definition) is 3. The van der Waals surface area contributed by atoms with Gasteiger partial charge >= 0.3 is 24.4 Å². The number of ether oxygens (including phenoxy) is 1. The maximum Gasteiger partial charge on any atom is 0.573 e. The van der Waals surface area contributed by atoms with E-state index in [0.29, 0.717) is 12.1 Å². The van der Waals surface area contributed by atoms with Gasteiger partial charge in [0.05, 0.1) is 5.56 Å². The Morgan fingerprint density at radius 2 is 1.52 bits per heavy atom. The quantitative estimate of drug-likeness (QED) is 0.603. The highest BCUT2D eigenvalue weighted by Crippen LogP contribution is 2.37. The molecule has 0 saturated heterocycles. The molecule has 0 aliphatic heterocycles. The molecule has 5 nitrogen and oxygen atoms in total. The molecular weight excluding hydrogens is 384 g/mol. The van der Waals surface area contributed by atoms with Crippen molar-refractivity contribution in [1.29, 1.82) is 0 Å². The second-order valence-corrected chi connectivity index (χ2v) is 5.09. The number of nitrogens with one attached hydrogen (secondary N) is 1. The van der Waals surface area contributed by atoms with Gasteiger partial charge in [-0.2, -0.15) is 13.2 Å². The van der Waals surface area contributed by atoms with E-state index in [1.165, 1.54) is 0 Å². The molecule has 2 aromatic rings. The van der Waals surface area contributed by atoms with Crippen molar-refractivity contribution in [2.75, 3.05) is 5.32 Å². The Hall–Kier alpha value is -3.24. The summed E-state index contributed by atoms with van der Waals surface area (Å²) in [6.07, 6.45) is -9.68. The zero-order valence-corrected chi connectivity index (χ0v) is 13.0. The van der Waals surface area contributed by atoms with E-state index < -0.39 is 35.7 Å². The van der Waals surface area contributed by atoms with Gasteiger partial charge in [-0.05, 0) is 35.9 Å². The van der Waals surface area contributed by atoms with E-state index in [-0.39, 0.29) is 16.8 Å². The van der Waals surface area contributed by atoms with Crippen LogP contribution in [0, 0.1) is 0 Å². The first-order valence-corrected chi connectivity index (χ1v) is 6.98. The Balaban J connectivity index is 2.48. The molecule has 0 spiro atoms. The molecular formula is C16H9F6NO4. The van der Waals surface area contributed by atoms with Crippen LogP contribution in [0.25, 0.3) is 11.1 Å². The highest BCUT2D eigenvalue weighted by molar-refractivity contribution is 6.36. The van der Waals surface area contributed by atoms with Crippen LogP contribution in [-0.4, -0.2) is 23.3 Å². The zero-order chi connectivity index (χ0) is 20.4. The molecule has 2 rings (SSSR count). The Bertz CT molecular complexity index is 859. The summed E-state index contributed by atoms with van der Waals surface area (Å²) in [5.41, 5.74) is -1.60. The average molecular weight is 393 g/mol. The van der Waals surface area contributed by atoms with E-state index in [1.807, 2.05) is 5.32 Å². The predicted octanol–water partition coefficient (Wildman–Crippen LogP) is 4.29.